The Kier molecular flexibility index (Phi) is 4.50. The van der Waals surface area contributed by atoms with Crippen LogP contribution in [-0.4, -0.2) is 11.1 Å². The summed E-state index contributed by atoms with van der Waals surface area (Å²) in [6.45, 7) is 0. The van der Waals surface area contributed by atoms with E-state index in [1.807, 2.05) is 24.3 Å². The van der Waals surface area contributed by atoms with Crippen LogP contribution in [0, 0.1) is 11.3 Å². The van der Waals surface area contributed by atoms with E-state index in [0.29, 0.717) is 5.92 Å². The van der Waals surface area contributed by atoms with Crippen LogP contribution in [0.3, 0.4) is 0 Å². The molecule has 2 unspecified atom stereocenters. The molecule has 1 saturated carbocycles. The first-order valence-corrected chi connectivity index (χ1v) is 9.45. The van der Waals surface area contributed by atoms with E-state index in [9.17, 15) is 9.90 Å². The lowest BCUT2D eigenvalue weighted by atomic mass is 9.75. The summed E-state index contributed by atoms with van der Waals surface area (Å²) >= 11 is 0. The Morgan fingerprint density at radius 1 is 1.08 bits per heavy atom. The van der Waals surface area contributed by atoms with Crippen molar-refractivity contribution in [1.82, 2.24) is 0 Å². The van der Waals surface area contributed by atoms with Crippen molar-refractivity contribution in [2.45, 2.75) is 32.1 Å². The normalized spacial score (nSPS) is 24.5. The van der Waals surface area contributed by atoms with E-state index in [-0.39, 0.29) is 0 Å². The third-order valence-corrected chi connectivity index (χ3v) is 5.93. The second-order valence-corrected chi connectivity index (χ2v) is 7.45. The zero-order chi connectivity index (χ0) is 18.0. The number of aryl methyl sites for hydroxylation is 1. The van der Waals surface area contributed by atoms with E-state index < -0.39 is 11.4 Å². The molecule has 2 heteroatoms. The lowest BCUT2D eigenvalue weighted by Crippen LogP contribution is -2.28. The van der Waals surface area contributed by atoms with Crippen molar-refractivity contribution in [1.29, 1.82) is 0 Å². The van der Waals surface area contributed by atoms with Gasteiger partial charge in [0.1, 0.15) is 0 Å². The molecule has 0 spiro atoms. The quantitative estimate of drug-likeness (QED) is 0.750. The maximum Gasteiger partial charge on any atom is 0.314 e. The molecule has 2 aliphatic rings. The molecular formula is C24H24O2. The van der Waals surface area contributed by atoms with E-state index in [0.717, 1.165) is 43.2 Å². The monoisotopic (exact) mass is 344 g/mol. The van der Waals surface area contributed by atoms with Crippen LogP contribution < -0.4 is 0 Å². The minimum absolute atomic E-state index is 0.384. The topological polar surface area (TPSA) is 37.3 Å². The Balaban J connectivity index is 1.63. The fourth-order valence-corrected chi connectivity index (χ4v) is 4.69. The average molecular weight is 344 g/mol. The van der Waals surface area contributed by atoms with Crippen molar-refractivity contribution in [3.8, 4) is 0 Å². The molecule has 0 amide bonds. The van der Waals surface area contributed by atoms with Crippen molar-refractivity contribution < 1.29 is 9.90 Å². The fourth-order valence-electron chi connectivity index (χ4n) is 4.69. The highest BCUT2D eigenvalue weighted by Gasteiger charge is 2.55. The molecule has 0 saturated heterocycles. The summed E-state index contributed by atoms with van der Waals surface area (Å²) in [5.41, 5.74) is 4.02. The van der Waals surface area contributed by atoms with Crippen molar-refractivity contribution in [2.24, 2.45) is 11.3 Å². The van der Waals surface area contributed by atoms with Crippen molar-refractivity contribution in [3.05, 3.63) is 89.5 Å². The van der Waals surface area contributed by atoms with Gasteiger partial charge in [0, 0.05) is 0 Å². The van der Waals surface area contributed by atoms with Gasteiger partial charge in [0.15, 0.2) is 0 Å². The first-order valence-electron chi connectivity index (χ1n) is 9.45. The van der Waals surface area contributed by atoms with E-state index in [4.69, 9.17) is 0 Å². The van der Waals surface area contributed by atoms with Gasteiger partial charge in [-0.05, 0) is 60.3 Å². The largest absolute Gasteiger partial charge is 0.481 e. The van der Waals surface area contributed by atoms with Crippen LogP contribution in [0.25, 0.3) is 5.57 Å². The SMILES string of the molecule is O=C(O)C12CCC(C1)C(C=CCCc1ccccc1)=C2c1ccccc1. The van der Waals surface area contributed by atoms with Crippen molar-refractivity contribution in [3.63, 3.8) is 0 Å². The molecule has 2 nitrogen and oxygen atoms in total. The van der Waals surface area contributed by atoms with Gasteiger partial charge in [0.25, 0.3) is 0 Å². The van der Waals surface area contributed by atoms with Crippen molar-refractivity contribution in [2.75, 3.05) is 0 Å². The van der Waals surface area contributed by atoms with E-state index in [1.54, 1.807) is 0 Å². The Bertz CT molecular complexity index is 848. The minimum Gasteiger partial charge on any atom is -0.481 e. The maximum absolute atomic E-state index is 12.2. The predicted octanol–water partition coefficient (Wildman–Crippen LogP) is 5.51. The molecule has 26 heavy (non-hydrogen) atoms. The molecule has 2 aromatic carbocycles. The van der Waals surface area contributed by atoms with E-state index in [2.05, 4.69) is 48.6 Å². The number of aliphatic carboxylic acids is 1. The molecule has 4 rings (SSSR count). The van der Waals surface area contributed by atoms with Crippen LogP contribution in [0.5, 0.6) is 0 Å². The number of carboxylic acids is 1. The maximum atomic E-state index is 12.2. The zero-order valence-electron chi connectivity index (χ0n) is 14.9. The summed E-state index contributed by atoms with van der Waals surface area (Å²) in [7, 11) is 0. The predicted molar refractivity (Wildman–Crippen MR) is 105 cm³/mol. The summed E-state index contributed by atoms with van der Waals surface area (Å²) in [6.07, 6.45) is 8.92. The first-order chi connectivity index (χ1) is 12.7. The third-order valence-electron chi connectivity index (χ3n) is 5.93. The molecule has 0 radical (unpaired) electrons. The van der Waals surface area contributed by atoms with Gasteiger partial charge in [-0.15, -0.1) is 0 Å². The molecule has 2 atom stereocenters. The van der Waals surface area contributed by atoms with Crippen LogP contribution in [0.4, 0.5) is 0 Å². The summed E-state index contributed by atoms with van der Waals surface area (Å²) in [5, 5.41) is 10.0. The third kappa shape index (κ3) is 2.90. The fraction of sp³-hybridized carbons (Fsp3) is 0.292. The zero-order valence-corrected chi connectivity index (χ0v) is 14.9. The number of hydrogen-bond acceptors (Lipinski definition) is 1. The van der Waals surface area contributed by atoms with Gasteiger partial charge in [-0.25, -0.2) is 0 Å². The second-order valence-electron chi connectivity index (χ2n) is 7.45. The lowest BCUT2D eigenvalue weighted by molar-refractivity contribution is -0.144. The van der Waals surface area contributed by atoms with E-state index >= 15 is 0 Å². The molecular weight excluding hydrogens is 320 g/mol. The molecule has 2 aromatic rings. The van der Waals surface area contributed by atoms with Gasteiger partial charge in [0.2, 0.25) is 0 Å². The Hall–Kier alpha value is -2.61. The first kappa shape index (κ1) is 16.8. The van der Waals surface area contributed by atoms with Crippen LogP contribution in [0.2, 0.25) is 0 Å². The molecule has 0 aliphatic heterocycles. The molecule has 1 N–H and O–H groups in total. The molecule has 0 heterocycles. The summed E-state index contributed by atoms with van der Waals surface area (Å²) < 4.78 is 0. The number of carboxylic acid groups (broad SMARTS) is 1. The Morgan fingerprint density at radius 3 is 2.46 bits per heavy atom. The molecule has 132 valence electrons. The number of fused-ring (bicyclic) bond motifs is 2. The Labute approximate surface area is 154 Å². The number of allylic oxidation sites excluding steroid dienone is 3. The summed E-state index contributed by atoms with van der Waals surface area (Å²) in [6, 6.07) is 20.6. The van der Waals surface area contributed by atoms with Crippen LogP contribution >= 0.6 is 0 Å². The van der Waals surface area contributed by atoms with Crippen LogP contribution in [0.1, 0.15) is 36.8 Å². The van der Waals surface area contributed by atoms with E-state index in [1.165, 1.54) is 11.1 Å². The molecule has 2 bridgehead atoms. The number of rotatable bonds is 6. The van der Waals surface area contributed by atoms with Gasteiger partial charge in [-0.3, -0.25) is 4.79 Å². The highest BCUT2D eigenvalue weighted by Crippen LogP contribution is 2.61. The van der Waals surface area contributed by atoms with Gasteiger partial charge in [-0.2, -0.15) is 0 Å². The molecule has 1 fully saturated rings. The van der Waals surface area contributed by atoms with Crippen LogP contribution in [0.15, 0.2) is 78.4 Å². The molecule has 0 aromatic heterocycles. The standard InChI is InChI=1S/C24H24O2/c25-23(26)24-16-15-20(17-24)21(22(24)19-12-5-2-6-13-19)14-8-7-11-18-9-3-1-4-10-18/h1-6,8-10,12-14,20H,7,11,15-17H2,(H,25,26). The summed E-state index contributed by atoms with van der Waals surface area (Å²) in [5.74, 6) is -0.277. The van der Waals surface area contributed by atoms with Gasteiger partial charge in [0.05, 0.1) is 5.41 Å². The van der Waals surface area contributed by atoms with Crippen LogP contribution in [-0.2, 0) is 11.2 Å². The number of benzene rings is 2. The minimum atomic E-state index is -0.689. The number of carbonyl (C=O) groups is 1. The highest BCUT2D eigenvalue weighted by atomic mass is 16.4. The highest BCUT2D eigenvalue weighted by molar-refractivity contribution is 5.96. The summed E-state index contributed by atoms with van der Waals surface area (Å²) in [4.78, 5) is 12.2. The van der Waals surface area contributed by atoms with Gasteiger partial charge in [-0.1, -0.05) is 72.8 Å². The van der Waals surface area contributed by atoms with Crippen molar-refractivity contribution >= 4 is 11.5 Å². The lowest BCUT2D eigenvalue weighted by Gasteiger charge is -2.27. The van der Waals surface area contributed by atoms with Gasteiger partial charge < -0.3 is 5.11 Å². The molecule has 2 aliphatic carbocycles. The second kappa shape index (κ2) is 6.95. The average Bonchev–Trinajstić information content (AvgIpc) is 3.25. The number of hydrogen-bond donors (Lipinski definition) is 1. The van der Waals surface area contributed by atoms with Gasteiger partial charge >= 0.3 is 5.97 Å². The Morgan fingerprint density at radius 2 is 1.77 bits per heavy atom. The smallest absolute Gasteiger partial charge is 0.314 e.